The van der Waals surface area contributed by atoms with Gasteiger partial charge in [-0.1, -0.05) is 0 Å². The molecular weight excluding hydrogens is 160 g/mol. The van der Waals surface area contributed by atoms with Gasteiger partial charge in [0, 0.05) is 5.38 Å². The molecule has 60 valence electrons. The third-order valence-electron chi connectivity index (χ3n) is 1.36. The molecule has 0 aliphatic rings. The standard InChI is InChI=1S/C7H10N2OS/c1-5(8-4-10)7-3-11-6(2)9-7/h3-5H,1-2H3,(H,8,10)/i4D. The largest absolute Gasteiger partial charge is 0.351 e. The highest BCUT2D eigenvalue weighted by Gasteiger charge is 2.05. The van der Waals surface area contributed by atoms with Gasteiger partial charge in [0.25, 0.3) is 0 Å². The van der Waals surface area contributed by atoms with Crippen molar-refractivity contribution in [2.24, 2.45) is 0 Å². The van der Waals surface area contributed by atoms with Crippen molar-refractivity contribution >= 4 is 17.7 Å². The van der Waals surface area contributed by atoms with E-state index in [1.807, 2.05) is 12.3 Å². The van der Waals surface area contributed by atoms with Gasteiger partial charge in [-0.25, -0.2) is 4.98 Å². The molecule has 1 amide bonds. The van der Waals surface area contributed by atoms with E-state index in [-0.39, 0.29) is 6.04 Å². The Kier molecular flexibility index (Phi) is 2.15. The quantitative estimate of drug-likeness (QED) is 0.681. The molecule has 0 fully saturated rings. The van der Waals surface area contributed by atoms with Crippen molar-refractivity contribution in [3.8, 4) is 0 Å². The van der Waals surface area contributed by atoms with E-state index in [1.165, 1.54) is 11.3 Å². The Morgan fingerprint density at radius 2 is 2.73 bits per heavy atom. The predicted molar refractivity (Wildman–Crippen MR) is 44.5 cm³/mol. The summed E-state index contributed by atoms with van der Waals surface area (Å²) < 4.78 is 6.69. The number of aryl methyl sites for hydroxylation is 1. The topological polar surface area (TPSA) is 42.0 Å². The number of aromatic nitrogens is 1. The van der Waals surface area contributed by atoms with Gasteiger partial charge in [0.1, 0.15) is 1.37 Å². The Hall–Kier alpha value is -0.900. The zero-order valence-corrected chi connectivity index (χ0v) is 7.23. The van der Waals surface area contributed by atoms with Gasteiger partial charge < -0.3 is 5.32 Å². The number of nitrogens with zero attached hydrogens (tertiary/aromatic N) is 1. The van der Waals surface area contributed by atoms with Gasteiger partial charge in [-0.15, -0.1) is 11.3 Å². The number of carbonyl (C=O) groups is 1. The van der Waals surface area contributed by atoms with Crippen LogP contribution in [0.25, 0.3) is 0 Å². The Morgan fingerprint density at radius 1 is 2.00 bits per heavy atom. The van der Waals surface area contributed by atoms with Gasteiger partial charge in [0.2, 0.25) is 6.39 Å². The van der Waals surface area contributed by atoms with Gasteiger partial charge in [0.15, 0.2) is 0 Å². The molecule has 0 saturated carbocycles. The van der Waals surface area contributed by atoms with E-state index in [0.717, 1.165) is 10.7 Å². The van der Waals surface area contributed by atoms with Crippen molar-refractivity contribution in [2.75, 3.05) is 0 Å². The van der Waals surface area contributed by atoms with Crippen molar-refractivity contribution < 1.29 is 6.17 Å². The van der Waals surface area contributed by atoms with Crippen molar-refractivity contribution in [2.45, 2.75) is 19.9 Å². The lowest BCUT2D eigenvalue weighted by atomic mass is 10.3. The molecule has 0 spiro atoms. The van der Waals surface area contributed by atoms with Crippen molar-refractivity contribution in [1.82, 2.24) is 10.3 Å². The fourth-order valence-corrected chi connectivity index (χ4v) is 1.45. The van der Waals surface area contributed by atoms with Crippen LogP contribution in [-0.4, -0.2) is 11.4 Å². The minimum atomic E-state index is -0.770. The maximum absolute atomic E-state index is 10.4. The third kappa shape index (κ3) is 2.01. The van der Waals surface area contributed by atoms with Gasteiger partial charge in [-0.2, -0.15) is 0 Å². The van der Waals surface area contributed by atoms with E-state index in [2.05, 4.69) is 10.3 Å². The molecule has 1 heterocycles. The molecule has 0 saturated heterocycles. The Balaban J connectivity index is 2.64. The second kappa shape index (κ2) is 3.48. The molecule has 0 bridgehead atoms. The van der Waals surface area contributed by atoms with Crippen LogP contribution in [0.5, 0.6) is 0 Å². The highest BCUT2D eigenvalue weighted by Crippen LogP contribution is 2.14. The van der Waals surface area contributed by atoms with Gasteiger partial charge in [-0.3, -0.25) is 4.79 Å². The fourth-order valence-electron chi connectivity index (χ4n) is 0.741. The number of amides is 1. The van der Waals surface area contributed by atoms with Crippen LogP contribution in [0, 0.1) is 6.92 Å². The summed E-state index contributed by atoms with van der Waals surface area (Å²) in [6.07, 6.45) is -0.770. The number of hydrogen-bond acceptors (Lipinski definition) is 3. The maximum atomic E-state index is 10.4. The van der Waals surface area contributed by atoms with E-state index in [1.54, 1.807) is 6.92 Å². The van der Waals surface area contributed by atoms with Crippen LogP contribution < -0.4 is 5.32 Å². The lowest BCUT2D eigenvalue weighted by Crippen LogP contribution is -2.16. The fraction of sp³-hybridized carbons (Fsp3) is 0.429. The smallest absolute Gasteiger partial charge is 0.207 e. The van der Waals surface area contributed by atoms with Crippen LogP contribution in [0.4, 0.5) is 0 Å². The first-order chi connectivity index (χ1) is 5.59. The molecule has 0 aliphatic heterocycles. The summed E-state index contributed by atoms with van der Waals surface area (Å²) in [7, 11) is 0. The summed E-state index contributed by atoms with van der Waals surface area (Å²) in [4.78, 5) is 14.5. The second-order valence-corrected chi connectivity index (χ2v) is 3.32. The summed E-state index contributed by atoms with van der Waals surface area (Å²) in [6, 6.07) is -0.167. The zero-order valence-electron chi connectivity index (χ0n) is 7.42. The minimum Gasteiger partial charge on any atom is -0.351 e. The number of carbonyl (C=O) groups excluding carboxylic acids is 1. The summed E-state index contributed by atoms with van der Waals surface area (Å²) in [5.41, 5.74) is 0.818. The molecule has 1 atom stereocenters. The molecule has 1 aromatic heterocycles. The SMILES string of the molecule is [2H]C(=O)NC(C)c1csc(C)n1. The van der Waals surface area contributed by atoms with Crippen molar-refractivity contribution in [3.63, 3.8) is 0 Å². The summed E-state index contributed by atoms with van der Waals surface area (Å²) >= 11 is 1.54. The first-order valence-corrected chi connectivity index (χ1v) is 4.16. The monoisotopic (exact) mass is 171 g/mol. The van der Waals surface area contributed by atoms with Gasteiger partial charge >= 0.3 is 0 Å². The first-order valence-electron chi connectivity index (χ1n) is 3.78. The highest BCUT2D eigenvalue weighted by molar-refractivity contribution is 7.09. The molecule has 1 N–H and O–H groups in total. The van der Waals surface area contributed by atoms with Crippen LogP contribution in [-0.2, 0) is 4.79 Å². The van der Waals surface area contributed by atoms with Crippen LogP contribution in [0.1, 0.15) is 25.0 Å². The van der Waals surface area contributed by atoms with E-state index in [4.69, 9.17) is 1.37 Å². The van der Waals surface area contributed by atoms with E-state index >= 15 is 0 Å². The Labute approximate surface area is 70.9 Å². The van der Waals surface area contributed by atoms with E-state index < -0.39 is 6.39 Å². The van der Waals surface area contributed by atoms with Gasteiger partial charge in [0.05, 0.1) is 16.7 Å². The molecule has 3 nitrogen and oxygen atoms in total. The highest BCUT2D eigenvalue weighted by atomic mass is 32.1. The molecule has 1 unspecified atom stereocenters. The molecule has 0 radical (unpaired) electrons. The molecule has 11 heavy (non-hydrogen) atoms. The average Bonchev–Trinajstić information content (AvgIpc) is 2.34. The molecule has 4 heteroatoms. The number of rotatable bonds is 2. The first kappa shape index (κ1) is 6.79. The van der Waals surface area contributed by atoms with Crippen LogP contribution in [0.3, 0.4) is 0 Å². The number of thiazole rings is 1. The van der Waals surface area contributed by atoms with Crippen molar-refractivity contribution in [3.05, 3.63) is 16.1 Å². The van der Waals surface area contributed by atoms with Crippen LogP contribution in [0.15, 0.2) is 5.38 Å². The minimum absolute atomic E-state index is 0.167. The summed E-state index contributed by atoms with van der Waals surface area (Å²) in [6.45, 7) is 3.71. The van der Waals surface area contributed by atoms with E-state index in [0.29, 0.717) is 0 Å². The van der Waals surface area contributed by atoms with Crippen LogP contribution in [0.2, 0.25) is 0 Å². The van der Waals surface area contributed by atoms with Crippen LogP contribution >= 0.6 is 11.3 Å². The number of hydrogen-bond donors (Lipinski definition) is 1. The second-order valence-electron chi connectivity index (χ2n) is 2.26. The summed E-state index contributed by atoms with van der Waals surface area (Å²) in [5.74, 6) is 0. The Morgan fingerprint density at radius 3 is 3.18 bits per heavy atom. The lowest BCUT2D eigenvalue weighted by molar-refractivity contribution is -0.110. The maximum Gasteiger partial charge on any atom is 0.207 e. The predicted octanol–water partition coefficient (Wildman–Crippen LogP) is 1.26. The molecule has 0 aliphatic carbocycles. The van der Waals surface area contributed by atoms with Gasteiger partial charge in [-0.05, 0) is 13.8 Å². The molecule has 0 aromatic carbocycles. The summed E-state index contributed by atoms with van der Waals surface area (Å²) in [5, 5.41) is 5.30. The number of nitrogens with one attached hydrogen (secondary N) is 1. The molecule has 1 rings (SSSR count). The third-order valence-corrected chi connectivity index (χ3v) is 2.15. The molecular formula is C7H10N2OS. The molecule has 1 aromatic rings. The Bertz CT molecular complexity index is 287. The van der Waals surface area contributed by atoms with Crippen molar-refractivity contribution in [1.29, 1.82) is 0 Å². The lowest BCUT2D eigenvalue weighted by Gasteiger charge is -2.04. The van der Waals surface area contributed by atoms with E-state index in [9.17, 15) is 4.79 Å². The zero-order chi connectivity index (χ0) is 9.14. The normalized spacial score (nSPS) is 13.8. The average molecular weight is 171 g/mol.